The number of aromatic nitrogens is 3. The number of amides is 3. The van der Waals surface area contributed by atoms with Crippen LogP contribution in [0, 0.1) is 5.92 Å². The summed E-state index contributed by atoms with van der Waals surface area (Å²) in [6.45, 7) is 2.13. The zero-order valence-corrected chi connectivity index (χ0v) is 16.9. The molecule has 1 heterocycles. The van der Waals surface area contributed by atoms with E-state index in [1.54, 1.807) is 18.0 Å². The van der Waals surface area contributed by atoms with Gasteiger partial charge in [-0.25, -0.2) is 4.79 Å². The van der Waals surface area contributed by atoms with Crippen molar-refractivity contribution in [2.45, 2.75) is 43.8 Å². The summed E-state index contributed by atoms with van der Waals surface area (Å²) in [5.74, 6) is 0.848. The highest BCUT2D eigenvalue weighted by Gasteiger charge is 2.23. The Hall–Kier alpha value is -2.55. The molecule has 1 aromatic carbocycles. The van der Waals surface area contributed by atoms with Crippen LogP contribution in [-0.2, 0) is 4.79 Å². The molecule has 0 unspecified atom stereocenters. The van der Waals surface area contributed by atoms with Crippen LogP contribution < -0.4 is 15.4 Å². The molecule has 0 radical (unpaired) electrons. The molecule has 1 aliphatic rings. The maximum absolute atomic E-state index is 12.1. The predicted octanol–water partition coefficient (Wildman–Crippen LogP) is 2.77. The summed E-state index contributed by atoms with van der Waals surface area (Å²) in [6, 6.07) is 7.16. The van der Waals surface area contributed by atoms with Crippen LogP contribution in [0.4, 0.5) is 4.79 Å². The number of benzene rings is 1. The van der Waals surface area contributed by atoms with E-state index in [4.69, 9.17) is 4.74 Å². The van der Waals surface area contributed by atoms with E-state index in [-0.39, 0.29) is 17.7 Å². The van der Waals surface area contributed by atoms with Crippen molar-refractivity contribution >= 4 is 23.7 Å². The largest absolute Gasteiger partial charge is 0.497 e. The minimum Gasteiger partial charge on any atom is -0.497 e. The Morgan fingerprint density at radius 2 is 2.14 bits per heavy atom. The maximum Gasteiger partial charge on any atom is 0.321 e. The van der Waals surface area contributed by atoms with Crippen LogP contribution in [0.25, 0.3) is 5.69 Å². The zero-order valence-electron chi connectivity index (χ0n) is 16.1. The quantitative estimate of drug-likeness (QED) is 0.720. The molecule has 2 aromatic rings. The van der Waals surface area contributed by atoms with Crippen molar-refractivity contribution in [2.75, 3.05) is 12.9 Å². The molecule has 3 rings (SSSR count). The number of carbonyl (C=O) groups is 2. The summed E-state index contributed by atoms with van der Waals surface area (Å²) in [4.78, 5) is 24.2. The van der Waals surface area contributed by atoms with E-state index in [0.717, 1.165) is 24.9 Å². The monoisotopic (exact) mass is 403 g/mol. The number of imide groups is 1. The van der Waals surface area contributed by atoms with Gasteiger partial charge in [-0.3, -0.25) is 14.7 Å². The Morgan fingerprint density at radius 3 is 2.93 bits per heavy atom. The van der Waals surface area contributed by atoms with Gasteiger partial charge in [-0.2, -0.15) is 0 Å². The summed E-state index contributed by atoms with van der Waals surface area (Å²) in [5, 5.41) is 13.9. The van der Waals surface area contributed by atoms with Crippen molar-refractivity contribution in [3.63, 3.8) is 0 Å². The summed E-state index contributed by atoms with van der Waals surface area (Å²) in [7, 11) is 1.60. The Morgan fingerprint density at radius 1 is 1.32 bits per heavy atom. The Bertz CT molecular complexity index is 825. The lowest BCUT2D eigenvalue weighted by Gasteiger charge is -2.29. The summed E-state index contributed by atoms with van der Waals surface area (Å²) in [6.07, 6.45) is 5.95. The third-order valence-corrected chi connectivity index (χ3v) is 5.80. The number of hydrogen-bond donors (Lipinski definition) is 2. The van der Waals surface area contributed by atoms with Gasteiger partial charge in [-0.15, -0.1) is 10.2 Å². The molecule has 0 saturated heterocycles. The standard InChI is InChI=1S/C19H25N5O3S/c1-13-6-3-4-9-16(13)21-18(26)22-17(25)11-28-19-23-20-12-24(19)14-7-5-8-15(10-14)27-2/h5,7-8,10,12-13,16H,3-4,6,9,11H2,1-2H3,(H2,21,22,25,26)/t13-,16-/m0/s1. The minimum absolute atomic E-state index is 0.0658. The van der Waals surface area contributed by atoms with Gasteiger partial charge in [-0.05, 0) is 30.9 Å². The first-order valence-electron chi connectivity index (χ1n) is 9.34. The van der Waals surface area contributed by atoms with E-state index in [9.17, 15) is 9.59 Å². The summed E-state index contributed by atoms with van der Waals surface area (Å²) < 4.78 is 7.00. The van der Waals surface area contributed by atoms with E-state index in [1.807, 2.05) is 24.3 Å². The van der Waals surface area contributed by atoms with Gasteiger partial charge in [0.15, 0.2) is 5.16 Å². The Kier molecular flexibility index (Phi) is 6.91. The van der Waals surface area contributed by atoms with Crippen LogP contribution in [0.2, 0.25) is 0 Å². The van der Waals surface area contributed by atoms with E-state index >= 15 is 0 Å². The van der Waals surface area contributed by atoms with Crippen molar-refractivity contribution in [3.05, 3.63) is 30.6 Å². The number of thioether (sulfide) groups is 1. The topological polar surface area (TPSA) is 98.1 Å². The van der Waals surface area contributed by atoms with E-state index < -0.39 is 6.03 Å². The first-order chi connectivity index (χ1) is 13.6. The molecule has 1 aliphatic carbocycles. The number of hydrogen-bond acceptors (Lipinski definition) is 6. The van der Waals surface area contributed by atoms with Gasteiger partial charge in [0.05, 0.1) is 18.6 Å². The highest BCUT2D eigenvalue weighted by atomic mass is 32.2. The molecule has 0 spiro atoms. The van der Waals surface area contributed by atoms with Crippen LogP contribution in [0.1, 0.15) is 32.6 Å². The fourth-order valence-electron chi connectivity index (χ4n) is 3.29. The van der Waals surface area contributed by atoms with Crippen molar-refractivity contribution < 1.29 is 14.3 Å². The fourth-order valence-corrected chi connectivity index (χ4v) is 4.02. The van der Waals surface area contributed by atoms with Gasteiger partial charge in [-0.1, -0.05) is 37.6 Å². The van der Waals surface area contributed by atoms with Crippen LogP contribution in [0.3, 0.4) is 0 Å². The number of urea groups is 1. The van der Waals surface area contributed by atoms with Gasteiger partial charge in [0.25, 0.3) is 0 Å². The second kappa shape index (κ2) is 9.59. The average molecular weight is 404 g/mol. The number of rotatable bonds is 6. The number of nitrogens with one attached hydrogen (secondary N) is 2. The molecular formula is C19H25N5O3S. The average Bonchev–Trinajstić information content (AvgIpc) is 3.17. The first-order valence-corrected chi connectivity index (χ1v) is 10.3. The van der Waals surface area contributed by atoms with Crippen molar-refractivity contribution in [3.8, 4) is 11.4 Å². The predicted molar refractivity (Wildman–Crippen MR) is 107 cm³/mol. The highest BCUT2D eigenvalue weighted by molar-refractivity contribution is 7.99. The third kappa shape index (κ3) is 5.25. The molecule has 3 amide bonds. The van der Waals surface area contributed by atoms with E-state index in [2.05, 4.69) is 27.8 Å². The van der Waals surface area contributed by atoms with Crippen LogP contribution in [0.15, 0.2) is 35.7 Å². The van der Waals surface area contributed by atoms with E-state index in [1.165, 1.54) is 18.2 Å². The second-order valence-electron chi connectivity index (χ2n) is 6.86. The lowest BCUT2D eigenvalue weighted by molar-refractivity contribution is -0.117. The molecule has 0 bridgehead atoms. The Labute approximate surface area is 168 Å². The number of ether oxygens (including phenoxy) is 1. The van der Waals surface area contributed by atoms with Gasteiger partial charge in [0, 0.05) is 12.1 Å². The van der Waals surface area contributed by atoms with Gasteiger partial charge in [0.2, 0.25) is 5.91 Å². The number of carbonyl (C=O) groups excluding carboxylic acids is 2. The molecule has 150 valence electrons. The maximum atomic E-state index is 12.1. The van der Waals surface area contributed by atoms with Gasteiger partial charge in [0.1, 0.15) is 12.1 Å². The molecule has 1 aromatic heterocycles. The molecule has 0 aliphatic heterocycles. The zero-order chi connectivity index (χ0) is 19.9. The van der Waals surface area contributed by atoms with Gasteiger partial charge >= 0.3 is 6.03 Å². The van der Waals surface area contributed by atoms with Crippen molar-refractivity contribution in [1.29, 1.82) is 0 Å². The first kappa shape index (κ1) is 20.2. The minimum atomic E-state index is -0.432. The normalized spacial score (nSPS) is 19.1. The van der Waals surface area contributed by atoms with Crippen LogP contribution in [0.5, 0.6) is 5.75 Å². The molecule has 1 fully saturated rings. The number of methoxy groups -OCH3 is 1. The van der Waals surface area contributed by atoms with E-state index in [0.29, 0.717) is 16.8 Å². The molecule has 1 saturated carbocycles. The van der Waals surface area contributed by atoms with Crippen molar-refractivity contribution in [2.24, 2.45) is 5.92 Å². The van der Waals surface area contributed by atoms with Gasteiger partial charge < -0.3 is 10.1 Å². The SMILES string of the molecule is COc1cccc(-n2cnnc2SCC(=O)NC(=O)N[C@H]2CCCC[C@@H]2C)c1. The lowest BCUT2D eigenvalue weighted by Crippen LogP contribution is -2.48. The summed E-state index contributed by atoms with van der Waals surface area (Å²) in [5.41, 5.74) is 0.830. The fraction of sp³-hybridized carbons (Fsp3) is 0.474. The lowest BCUT2D eigenvalue weighted by atomic mass is 9.86. The molecule has 28 heavy (non-hydrogen) atoms. The van der Waals surface area contributed by atoms with Crippen LogP contribution in [-0.4, -0.2) is 45.6 Å². The molecule has 8 nitrogen and oxygen atoms in total. The Balaban J connectivity index is 1.52. The highest BCUT2D eigenvalue weighted by Crippen LogP contribution is 2.24. The van der Waals surface area contributed by atoms with Crippen molar-refractivity contribution in [1.82, 2.24) is 25.4 Å². The molecule has 2 atom stereocenters. The van der Waals surface area contributed by atoms with Crippen LogP contribution >= 0.6 is 11.8 Å². The molecule has 9 heteroatoms. The smallest absolute Gasteiger partial charge is 0.321 e. The number of nitrogens with zero attached hydrogens (tertiary/aromatic N) is 3. The summed E-state index contributed by atoms with van der Waals surface area (Å²) >= 11 is 1.22. The molecular weight excluding hydrogens is 378 g/mol. The molecule has 2 N–H and O–H groups in total. The third-order valence-electron chi connectivity index (χ3n) is 4.86. The second-order valence-corrected chi connectivity index (χ2v) is 7.81.